The average Bonchev–Trinajstić information content (AvgIpc) is 2.19. The van der Waals surface area contributed by atoms with E-state index in [9.17, 15) is 4.79 Å². The van der Waals surface area contributed by atoms with E-state index in [-0.39, 0.29) is 10.8 Å². The molecule has 18 heavy (non-hydrogen) atoms. The van der Waals surface area contributed by atoms with Gasteiger partial charge in [-0.2, -0.15) is 0 Å². The summed E-state index contributed by atoms with van der Waals surface area (Å²) in [7, 11) is 0. The SMILES string of the molecule is NC(C(=O)O)C12CC(c3cc(Cl)ccc3Cl)(C1)C2. The van der Waals surface area contributed by atoms with Gasteiger partial charge >= 0.3 is 5.97 Å². The quantitative estimate of drug-likeness (QED) is 0.898. The molecule has 1 unspecified atom stereocenters. The van der Waals surface area contributed by atoms with Crippen molar-refractivity contribution in [2.75, 3.05) is 0 Å². The lowest BCUT2D eigenvalue weighted by Gasteiger charge is -2.72. The van der Waals surface area contributed by atoms with E-state index in [0.29, 0.717) is 10.0 Å². The van der Waals surface area contributed by atoms with E-state index >= 15 is 0 Å². The number of hydrogen-bond acceptors (Lipinski definition) is 2. The number of rotatable bonds is 3. The lowest BCUT2D eigenvalue weighted by molar-refractivity contribution is -0.178. The van der Waals surface area contributed by atoms with Crippen LogP contribution < -0.4 is 5.73 Å². The Morgan fingerprint density at radius 1 is 1.33 bits per heavy atom. The van der Waals surface area contributed by atoms with Gasteiger partial charge in [0.05, 0.1) is 0 Å². The molecule has 3 nitrogen and oxygen atoms in total. The molecule has 3 saturated carbocycles. The molecule has 1 atom stereocenters. The first-order valence-electron chi connectivity index (χ1n) is 5.83. The second-order valence-electron chi connectivity index (χ2n) is 5.61. The second-order valence-corrected chi connectivity index (χ2v) is 6.46. The van der Waals surface area contributed by atoms with E-state index in [4.69, 9.17) is 34.0 Å². The minimum atomic E-state index is -0.916. The van der Waals surface area contributed by atoms with Crippen LogP contribution in [0.2, 0.25) is 10.0 Å². The van der Waals surface area contributed by atoms with Gasteiger partial charge in [-0.25, -0.2) is 0 Å². The number of halogens is 2. The molecule has 1 aromatic rings. The van der Waals surface area contributed by atoms with Crippen LogP contribution in [0, 0.1) is 5.41 Å². The Morgan fingerprint density at radius 2 is 1.94 bits per heavy atom. The van der Waals surface area contributed by atoms with Gasteiger partial charge in [0.15, 0.2) is 0 Å². The standard InChI is InChI=1S/C13H13Cl2NO2/c14-7-1-2-9(15)8(3-7)12-4-13(5-12,6-12)10(16)11(17)18/h1-3,10H,4-6,16H2,(H,17,18). The Balaban J connectivity index is 1.84. The first-order chi connectivity index (χ1) is 8.39. The number of carbonyl (C=O) groups is 1. The molecular weight excluding hydrogens is 273 g/mol. The van der Waals surface area contributed by atoms with E-state index in [1.807, 2.05) is 6.07 Å². The molecule has 3 aliphatic carbocycles. The average molecular weight is 286 g/mol. The van der Waals surface area contributed by atoms with Crippen LogP contribution in [0.4, 0.5) is 0 Å². The summed E-state index contributed by atoms with van der Waals surface area (Å²) in [6.07, 6.45) is 2.40. The predicted molar refractivity (Wildman–Crippen MR) is 70.0 cm³/mol. The molecule has 2 bridgehead atoms. The molecule has 0 radical (unpaired) electrons. The van der Waals surface area contributed by atoms with Gasteiger partial charge in [-0.1, -0.05) is 23.2 Å². The van der Waals surface area contributed by atoms with Crippen molar-refractivity contribution >= 4 is 29.2 Å². The predicted octanol–water partition coefficient (Wildman–Crippen LogP) is 2.83. The highest BCUT2D eigenvalue weighted by atomic mass is 35.5. The van der Waals surface area contributed by atoms with Crippen LogP contribution in [0.1, 0.15) is 24.8 Å². The fourth-order valence-electron chi connectivity index (χ4n) is 3.65. The number of nitrogens with two attached hydrogens (primary N) is 1. The highest BCUT2D eigenvalue weighted by molar-refractivity contribution is 6.33. The molecule has 0 heterocycles. The number of carboxylic acids is 1. The van der Waals surface area contributed by atoms with Crippen molar-refractivity contribution in [3.05, 3.63) is 33.8 Å². The molecule has 0 aromatic heterocycles. The first kappa shape index (κ1) is 12.3. The zero-order valence-electron chi connectivity index (χ0n) is 9.62. The molecule has 4 rings (SSSR count). The van der Waals surface area contributed by atoms with Crippen molar-refractivity contribution in [3.63, 3.8) is 0 Å². The molecule has 96 valence electrons. The van der Waals surface area contributed by atoms with Gasteiger partial charge in [0, 0.05) is 10.0 Å². The Hall–Kier alpha value is -0.770. The summed E-state index contributed by atoms with van der Waals surface area (Å²) >= 11 is 12.2. The molecule has 5 heteroatoms. The van der Waals surface area contributed by atoms with Gasteiger partial charge in [-0.05, 0) is 53.9 Å². The van der Waals surface area contributed by atoms with Crippen LogP contribution in [0.3, 0.4) is 0 Å². The largest absolute Gasteiger partial charge is 0.480 e. The van der Waals surface area contributed by atoms with E-state index in [1.54, 1.807) is 12.1 Å². The van der Waals surface area contributed by atoms with Crippen LogP contribution in [-0.2, 0) is 10.2 Å². The topological polar surface area (TPSA) is 63.3 Å². The van der Waals surface area contributed by atoms with Crippen LogP contribution in [-0.4, -0.2) is 17.1 Å². The van der Waals surface area contributed by atoms with E-state index in [2.05, 4.69) is 0 Å². The summed E-state index contributed by atoms with van der Waals surface area (Å²) in [5, 5.41) is 10.4. The van der Waals surface area contributed by atoms with Crippen LogP contribution in [0.25, 0.3) is 0 Å². The van der Waals surface area contributed by atoms with Gasteiger partial charge in [-0.3, -0.25) is 4.79 Å². The Kier molecular flexibility index (Phi) is 2.47. The summed E-state index contributed by atoms with van der Waals surface area (Å²) in [6.45, 7) is 0. The lowest BCUT2D eigenvalue weighted by Crippen LogP contribution is -2.72. The van der Waals surface area contributed by atoms with Crippen molar-refractivity contribution < 1.29 is 9.90 Å². The third kappa shape index (κ3) is 1.44. The fourth-order valence-corrected chi connectivity index (χ4v) is 4.14. The summed E-state index contributed by atoms with van der Waals surface area (Å²) < 4.78 is 0. The van der Waals surface area contributed by atoms with Crippen LogP contribution in [0.5, 0.6) is 0 Å². The first-order valence-corrected chi connectivity index (χ1v) is 6.58. The van der Waals surface area contributed by atoms with Crippen LogP contribution in [0.15, 0.2) is 18.2 Å². The van der Waals surface area contributed by atoms with E-state index in [0.717, 1.165) is 24.8 Å². The van der Waals surface area contributed by atoms with Gasteiger partial charge in [0.25, 0.3) is 0 Å². The van der Waals surface area contributed by atoms with Gasteiger partial charge < -0.3 is 10.8 Å². The summed E-state index contributed by atoms with van der Waals surface area (Å²) in [5.74, 6) is -0.916. The molecule has 0 saturated heterocycles. The monoisotopic (exact) mass is 285 g/mol. The highest BCUT2D eigenvalue weighted by Gasteiger charge is 2.71. The van der Waals surface area contributed by atoms with E-state index < -0.39 is 12.0 Å². The maximum Gasteiger partial charge on any atom is 0.321 e. The molecule has 0 spiro atoms. The van der Waals surface area contributed by atoms with E-state index in [1.165, 1.54) is 0 Å². The number of aliphatic carboxylic acids is 1. The highest BCUT2D eigenvalue weighted by Crippen LogP contribution is 2.75. The lowest BCUT2D eigenvalue weighted by atomic mass is 9.31. The minimum absolute atomic E-state index is 0.00898. The normalized spacial score (nSPS) is 34.4. The maximum absolute atomic E-state index is 11.0. The molecule has 0 aliphatic heterocycles. The molecule has 3 fully saturated rings. The number of carboxylic acid groups (broad SMARTS) is 1. The van der Waals surface area contributed by atoms with Crippen molar-refractivity contribution in [2.24, 2.45) is 11.1 Å². The zero-order chi connectivity index (χ0) is 13.1. The van der Waals surface area contributed by atoms with Crippen molar-refractivity contribution in [2.45, 2.75) is 30.7 Å². The smallest absolute Gasteiger partial charge is 0.321 e. The third-order valence-electron chi connectivity index (χ3n) is 4.50. The third-order valence-corrected chi connectivity index (χ3v) is 5.06. The van der Waals surface area contributed by atoms with Crippen molar-refractivity contribution in [3.8, 4) is 0 Å². The summed E-state index contributed by atoms with van der Waals surface area (Å²) in [4.78, 5) is 11.0. The molecule has 1 aromatic carbocycles. The maximum atomic E-state index is 11.0. The minimum Gasteiger partial charge on any atom is -0.480 e. The fraction of sp³-hybridized carbons (Fsp3) is 0.462. The zero-order valence-corrected chi connectivity index (χ0v) is 11.1. The van der Waals surface area contributed by atoms with Crippen molar-refractivity contribution in [1.29, 1.82) is 0 Å². The van der Waals surface area contributed by atoms with Gasteiger partial charge in [-0.15, -0.1) is 0 Å². The Labute approximate surface area is 115 Å². The Bertz CT molecular complexity index is 524. The molecular formula is C13H13Cl2NO2. The number of hydrogen-bond donors (Lipinski definition) is 2. The second kappa shape index (κ2) is 3.62. The van der Waals surface area contributed by atoms with Gasteiger partial charge in [0.2, 0.25) is 0 Å². The molecule has 0 amide bonds. The summed E-state index contributed by atoms with van der Waals surface area (Å²) in [5.41, 5.74) is 6.56. The Morgan fingerprint density at radius 3 is 2.50 bits per heavy atom. The van der Waals surface area contributed by atoms with Gasteiger partial charge in [0.1, 0.15) is 6.04 Å². The van der Waals surface area contributed by atoms with Crippen molar-refractivity contribution in [1.82, 2.24) is 0 Å². The molecule has 3 N–H and O–H groups in total. The molecule has 3 aliphatic rings. The number of benzene rings is 1. The summed E-state index contributed by atoms with van der Waals surface area (Å²) in [6, 6.07) is 4.68. The van der Waals surface area contributed by atoms with Crippen LogP contribution >= 0.6 is 23.2 Å².